The Morgan fingerprint density at radius 1 is 0.410 bits per heavy atom. The van der Waals surface area contributed by atoms with Crippen LogP contribution in [0.3, 0.4) is 0 Å². The molecule has 0 saturated heterocycles. The minimum atomic E-state index is -0.132. The van der Waals surface area contributed by atoms with Crippen LogP contribution in [0.5, 0.6) is 0 Å². The van der Waals surface area contributed by atoms with Gasteiger partial charge < -0.3 is 42.6 Å². The maximum absolute atomic E-state index is 11.7. The monoisotopic (exact) mass is 566 g/mol. The molecule has 10 heteroatoms. The average molecular weight is 567 g/mol. The Balaban J connectivity index is 3.11. The van der Waals surface area contributed by atoms with Crippen LogP contribution in [0.4, 0.5) is 0 Å². The van der Waals surface area contributed by atoms with Crippen molar-refractivity contribution in [3.05, 3.63) is 0 Å². The highest BCUT2D eigenvalue weighted by molar-refractivity contribution is 5.69. The van der Waals surface area contributed by atoms with Crippen molar-refractivity contribution >= 4 is 5.97 Å². The molecule has 0 aromatic rings. The fourth-order valence-corrected chi connectivity index (χ4v) is 3.43. The van der Waals surface area contributed by atoms with Gasteiger partial charge in [-0.05, 0) is 6.42 Å². The lowest BCUT2D eigenvalue weighted by Crippen LogP contribution is -2.15. The molecule has 0 bridgehead atoms. The van der Waals surface area contributed by atoms with Crippen LogP contribution in [0, 0.1) is 0 Å². The predicted octanol–water partition coefficient (Wildman–Crippen LogP) is 4.21. The second-order valence-corrected chi connectivity index (χ2v) is 9.08. The van der Waals surface area contributed by atoms with Crippen LogP contribution in [0.2, 0.25) is 0 Å². The lowest BCUT2D eigenvalue weighted by atomic mass is 10.1. The van der Waals surface area contributed by atoms with Gasteiger partial charge in [-0.3, -0.25) is 4.79 Å². The fraction of sp³-hybridized carbons (Fsp3) is 0.966. The molecule has 0 amide bonds. The second kappa shape index (κ2) is 35.2. The number of hydrogen-bond donors (Lipinski definition) is 0. The Morgan fingerprint density at radius 2 is 0.718 bits per heavy atom. The number of carbonyl (C=O) groups excluding carboxylic acids is 1. The first-order valence-corrected chi connectivity index (χ1v) is 15.0. The van der Waals surface area contributed by atoms with Gasteiger partial charge in [0.25, 0.3) is 0 Å². The van der Waals surface area contributed by atoms with E-state index in [1.54, 1.807) is 7.11 Å². The minimum Gasteiger partial charge on any atom is -0.463 e. The Hall–Kier alpha value is -0.850. The van der Waals surface area contributed by atoms with Crippen molar-refractivity contribution in [3.8, 4) is 0 Å². The molecule has 0 aliphatic carbocycles. The number of carbonyl (C=O) groups is 1. The molecule has 0 radical (unpaired) electrons. The maximum atomic E-state index is 11.7. The van der Waals surface area contributed by atoms with E-state index in [-0.39, 0.29) is 5.97 Å². The molecule has 0 heterocycles. The summed E-state index contributed by atoms with van der Waals surface area (Å²) in [6, 6.07) is 0. The summed E-state index contributed by atoms with van der Waals surface area (Å²) in [7, 11) is 1.65. The molecule has 0 spiro atoms. The standard InChI is InChI=1S/C29H58O10/c1-3-4-5-6-7-8-9-10-11-12-29(30)39-28-27-38-26-25-37-24-23-36-22-21-35-20-19-34-18-17-33-16-15-32-14-13-31-2/h3-28H2,1-2H3. The number of rotatable bonds is 34. The quantitative estimate of drug-likeness (QED) is 0.0832. The highest BCUT2D eigenvalue weighted by Gasteiger charge is 2.02. The zero-order valence-electron chi connectivity index (χ0n) is 25.0. The number of methoxy groups -OCH3 is 1. The zero-order valence-corrected chi connectivity index (χ0v) is 25.0. The van der Waals surface area contributed by atoms with E-state index >= 15 is 0 Å². The summed E-state index contributed by atoms with van der Waals surface area (Å²) in [5.41, 5.74) is 0. The first-order valence-electron chi connectivity index (χ1n) is 15.0. The molecule has 0 atom stereocenters. The molecule has 10 nitrogen and oxygen atoms in total. The fourth-order valence-electron chi connectivity index (χ4n) is 3.43. The van der Waals surface area contributed by atoms with Crippen LogP contribution in [0.25, 0.3) is 0 Å². The van der Waals surface area contributed by atoms with Gasteiger partial charge in [-0.2, -0.15) is 0 Å². The van der Waals surface area contributed by atoms with E-state index in [1.165, 1.54) is 44.9 Å². The minimum absolute atomic E-state index is 0.132. The second-order valence-electron chi connectivity index (χ2n) is 9.08. The average Bonchev–Trinajstić information content (AvgIpc) is 2.94. The Bertz CT molecular complexity index is 467. The van der Waals surface area contributed by atoms with Crippen LogP contribution < -0.4 is 0 Å². The molecule has 0 saturated carbocycles. The Morgan fingerprint density at radius 3 is 1.08 bits per heavy atom. The van der Waals surface area contributed by atoms with Crippen molar-refractivity contribution in [1.82, 2.24) is 0 Å². The third kappa shape index (κ3) is 35.1. The van der Waals surface area contributed by atoms with Gasteiger partial charge in [-0.1, -0.05) is 58.3 Å². The number of esters is 1. The highest BCUT2D eigenvalue weighted by atomic mass is 16.6. The molecule has 0 aromatic heterocycles. The van der Waals surface area contributed by atoms with Crippen LogP contribution in [-0.4, -0.2) is 119 Å². The lowest BCUT2D eigenvalue weighted by Gasteiger charge is -2.09. The lowest BCUT2D eigenvalue weighted by molar-refractivity contribution is -0.145. The summed E-state index contributed by atoms with van der Waals surface area (Å²) in [5, 5.41) is 0. The molecular weight excluding hydrogens is 508 g/mol. The van der Waals surface area contributed by atoms with Gasteiger partial charge in [-0.25, -0.2) is 0 Å². The molecule has 0 aliphatic rings. The van der Waals surface area contributed by atoms with Gasteiger partial charge in [0.15, 0.2) is 0 Å². The van der Waals surface area contributed by atoms with Crippen LogP contribution in [0.15, 0.2) is 0 Å². The van der Waals surface area contributed by atoms with E-state index in [1.807, 2.05) is 0 Å². The summed E-state index contributed by atoms with van der Waals surface area (Å²) in [6.45, 7) is 10.3. The Kier molecular flexibility index (Phi) is 34.4. The number of unbranched alkanes of at least 4 members (excludes halogenated alkanes) is 8. The first-order chi connectivity index (χ1) is 19.3. The van der Waals surface area contributed by atoms with E-state index in [4.69, 9.17) is 42.6 Å². The molecule has 0 rings (SSSR count). The third-order valence-electron chi connectivity index (χ3n) is 5.64. The molecule has 0 aromatic carbocycles. The number of hydrogen-bond acceptors (Lipinski definition) is 10. The van der Waals surface area contributed by atoms with Gasteiger partial charge in [0.1, 0.15) is 6.61 Å². The van der Waals surface area contributed by atoms with E-state index in [0.717, 1.165) is 12.8 Å². The van der Waals surface area contributed by atoms with Gasteiger partial charge in [0.2, 0.25) is 0 Å². The van der Waals surface area contributed by atoms with E-state index in [0.29, 0.717) is 112 Å². The molecule has 0 aliphatic heterocycles. The van der Waals surface area contributed by atoms with Crippen molar-refractivity contribution in [1.29, 1.82) is 0 Å². The highest BCUT2D eigenvalue weighted by Crippen LogP contribution is 2.10. The Labute approximate surface area is 237 Å². The van der Waals surface area contributed by atoms with Crippen molar-refractivity contribution in [2.45, 2.75) is 71.1 Å². The van der Waals surface area contributed by atoms with Crippen LogP contribution in [0.1, 0.15) is 71.1 Å². The van der Waals surface area contributed by atoms with E-state index in [9.17, 15) is 4.79 Å². The third-order valence-corrected chi connectivity index (χ3v) is 5.64. The van der Waals surface area contributed by atoms with Crippen molar-refractivity contribution in [3.63, 3.8) is 0 Å². The number of ether oxygens (including phenoxy) is 9. The summed E-state index contributed by atoms with van der Waals surface area (Å²) in [5.74, 6) is -0.132. The smallest absolute Gasteiger partial charge is 0.305 e. The van der Waals surface area contributed by atoms with Gasteiger partial charge in [0.05, 0.1) is 99.1 Å². The summed E-state index contributed by atoms with van der Waals surface area (Å²) < 4.78 is 48.0. The van der Waals surface area contributed by atoms with Crippen LogP contribution >= 0.6 is 0 Å². The SMILES string of the molecule is CCCCCCCCCCCC(=O)OCCOCCOCCOCCOCCOCCOCCOCCOC. The summed E-state index contributed by atoms with van der Waals surface area (Å²) in [6.07, 6.45) is 11.6. The molecule has 0 fully saturated rings. The normalized spacial score (nSPS) is 11.3. The topological polar surface area (TPSA) is 100 Å². The van der Waals surface area contributed by atoms with Gasteiger partial charge >= 0.3 is 5.97 Å². The molecule has 39 heavy (non-hydrogen) atoms. The van der Waals surface area contributed by atoms with E-state index in [2.05, 4.69) is 6.92 Å². The zero-order chi connectivity index (χ0) is 28.3. The van der Waals surface area contributed by atoms with Crippen molar-refractivity contribution < 1.29 is 47.4 Å². The predicted molar refractivity (Wildman–Crippen MR) is 150 cm³/mol. The first kappa shape index (κ1) is 38.1. The van der Waals surface area contributed by atoms with E-state index < -0.39 is 0 Å². The van der Waals surface area contributed by atoms with Crippen molar-refractivity contribution in [2.75, 3.05) is 113 Å². The van der Waals surface area contributed by atoms with Gasteiger partial charge in [0, 0.05) is 13.5 Å². The molecule has 0 unspecified atom stereocenters. The molecule has 0 N–H and O–H groups in total. The molecular formula is C29H58O10. The largest absolute Gasteiger partial charge is 0.463 e. The maximum Gasteiger partial charge on any atom is 0.305 e. The summed E-state index contributed by atoms with van der Waals surface area (Å²) in [4.78, 5) is 11.7. The van der Waals surface area contributed by atoms with Crippen molar-refractivity contribution in [2.24, 2.45) is 0 Å². The summed E-state index contributed by atoms with van der Waals surface area (Å²) >= 11 is 0. The van der Waals surface area contributed by atoms with Crippen LogP contribution in [-0.2, 0) is 47.4 Å². The molecule has 234 valence electrons. The van der Waals surface area contributed by atoms with Gasteiger partial charge in [-0.15, -0.1) is 0 Å².